The topological polar surface area (TPSA) is 47.3 Å². The molecule has 0 radical (unpaired) electrons. The fourth-order valence-corrected chi connectivity index (χ4v) is 2.36. The van der Waals surface area contributed by atoms with Crippen LogP contribution in [0.25, 0.3) is 0 Å². The summed E-state index contributed by atoms with van der Waals surface area (Å²) < 4.78 is 20.9. The number of aliphatic hydroxyl groups excluding tert-OH is 1. The van der Waals surface area contributed by atoms with Crippen LogP contribution in [0.1, 0.15) is 17.4 Å². The smallest absolute Gasteiger partial charge is 0.129 e. The standard InChI is InChI=1S/C13H14BrFN2O2/c1-19-7-6-17-12(10(14)8-16-17)13(18)9-4-2-3-5-11(9)15/h2-5,8,13,18H,6-7H2,1H3. The second kappa shape index (κ2) is 6.27. The van der Waals surface area contributed by atoms with E-state index in [1.54, 1.807) is 36.2 Å². The van der Waals surface area contributed by atoms with E-state index < -0.39 is 11.9 Å². The van der Waals surface area contributed by atoms with Crippen molar-refractivity contribution in [1.82, 2.24) is 9.78 Å². The molecule has 102 valence electrons. The van der Waals surface area contributed by atoms with Gasteiger partial charge in [-0.05, 0) is 22.0 Å². The predicted octanol–water partition coefficient (Wildman–Crippen LogP) is 2.51. The molecule has 0 aliphatic heterocycles. The van der Waals surface area contributed by atoms with Crippen LogP contribution in [0.5, 0.6) is 0 Å². The van der Waals surface area contributed by atoms with E-state index in [1.807, 2.05) is 0 Å². The van der Waals surface area contributed by atoms with E-state index in [-0.39, 0.29) is 5.56 Å². The monoisotopic (exact) mass is 328 g/mol. The summed E-state index contributed by atoms with van der Waals surface area (Å²) in [5.74, 6) is -0.443. The SMILES string of the molecule is COCCn1ncc(Br)c1C(O)c1ccccc1F. The van der Waals surface area contributed by atoms with Gasteiger partial charge in [-0.1, -0.05) is 18.2 Å². The number of methoxy groups -OCH3 is 1. The van der Waals surface area contributed by atoms with Gasteiger partial charge in [-0.15, -0.1) is 0 Å². The largest absolute Gasteiger partial charge is 0.383 e. The molecule has 0 saturated carbocycles. The minimum absolute atomic E-state index is 0.224. The predicted molar refractivity (Wildman–Crippen MR) is 72.3 cm³/mol. The average molecular weight is 329 g/mol. The first-order valence-electron chi connectivity index (χ1n) is 5.77. The van der Waals surface area contributed by atoms with Crippen LogP contribution in [-0.4, -0.2) is 28.6 Å². The first-order valence-corrected chi connectivity index (χ1v) is 6.57. The lowest BCUT2D eigenvalue weighted by Gasteiger charge is -2.15. The highest BCUT2D eigenvalue weighted by Gasteiger charge is 2.21. The lowest BCUT2D eigenvalue weighted by Crippen LogP contribution is -2.14. The normalized spacial score (nSPS) is 12.6. The lowest BCUT2D eigenvalue weighted by atomic mass is 10.1. The van der Waals surface area contributed by atoms with Gasteiger partial charge in [0.1, 0.15) is 11.9 Å². The molecule has 0 bridgehead atoms. The third kappa shape index (κ3) is 3.02. The highest BCUT2D eigenvalue weighted by Crippen LogP contribution is 2.29. The zero-order chi connectivity index (χ0) is 13.8. The van der Waals surface area contributed by atoms with Gasteiger partial charge in [0.2, 0.25) is 0 Å². The van der Waals surface area contributed by atoms with Gasteiger partial charge in [-0.3, -0.25) is 4.68 Å². The molecular formula is C13H14BrFN2O2. The summed E-state index contributed by atoms with van der Waals surface area (Å²) in [7, 11) is 1.59. The van der Waals surface area contributed by atoms with Gasteiger partial charge < -0.3 is 9.84 Å². The van der Waals surface area contributed by atoms with Crippen LogP contribution in [0, 0.1) is 5.82 Å². The molecule has 0 aliphatic rings. The molecule has 4 nitrogen and oxygen atoms in total. The third-order valence-electron chi connectivity index (χ3n) is 2.80. The van der Waals surface area contributed by atoms with Crippen molar-refractivity contribution in [3.8, 4) is 0 Å². The van der Waals surface area contributed by atoms with E-state index in [4.69, 9.17) is 4.74 Å². The maximum absolute atomic E-state index is 13.7. The fraction of sp³-hybridized carbons (Fsp3) is 0.308. The number of hydrogen-bond donors (Lipinski definition) is 1. The van der Waals surface area contributed by atoms with Crippen LogP contribution in [0.3, 0.4) is 0 Å². The molecule has 0 fully saturated rings. The Labute approximate surface area is 118 Å². The van der Waals surface area contributed by atoms with E-state index in [1.165, 1.54) is 6.07 Å². The van der Waals surface area contributed by atoms with Gasteiger partial charge in [0.05, 0.1) is 29.5 Å². The van der Waals surface area contributed by atoms with Gasteiger partial charge in [-0.2, -0.15) is 5.10 Å². The molecule has 1 atom stereocenters. The van der Waals surface area contributed by atoms with E-state index >= 15 is 0 Å². The van der Waals surface area contributed by atoms with Crippen molar-refractivity contribution in [3.05, 3.63) is 52.0 Å². The van der Waals surface area contributed by atoms with Gasteiger partial charge in [0.15, 0.2) is 0 Å². The molecule has 6 heteroatoms. The second-order valence-corrected chi connectivity index (χ2v) is 4.87. The number of benzene rings is 1. The molecule has 1 aromatic heterocycles. The Bertz CT molecular complexity index is 559. The van der Waals surface area contributed by atoms with Crippen LogP contribution >= 0.6 is 15.9 Å². The summed E-state index contributed by atoms with van der Waals surface area (Å²) in [5, 5.41) is 14.5. The highest BCUT2D eigenvalue weighted by atomic mass is 79.9. The molecule has 2 rings (SSSR count). The lowest BCUT2D eigenvalue weighted by molar-refractivity contribution is 0.170. The second-order valence-electron chi connectivity index (χ2n) is 4.02. The molecule has 0 spiro atoms. The van der Waals surface area contributed by atoms with Crippen molar-refractivity contribution < 1.29 is 14.2 Å². The maximum atomic E-state index is 13.7. The first-order chi connectivity index (χ1) is 9.15. The first kappa shape index (κ1) is 14.2. The Morgan fingerprint density at radius 3 is 2.89 bits per heavy atom. The summed E-state index contributed by atoms with van der Waals surface area (Å²) >= 11 is 3.32. The maximum Gasteiger partial charge on any atom is 0.129 e. The number of ether oxygens (including phenoxy) is 1. The van der Waals surface area contributed by atoms with Crippen LogP contribution in [0.15, 0.2) is 34.9 Å². The Kier molecular flexibility index (Phi) is 4.68. The van der Waals surface area contributed by atoms with E-state index in [0.717, 1.165) is 0 Å². The number of rotatable bonds is 5. The molecule has 19 heavy (non-hydrogen) atoms. The zero-order valence-corrected chi connectivity index (χ0v) is 12.0. The van der Waals surface area contributed by atoms with Crippen LogP contribution in [0.2, 0.25) is 0 Å². The van der Waals surface area contributed by atoms with E-state index in [0.29, 0.717) is 23.3 Å². The average Bonchev–Trinajstić information content (AvgIpc) is 2.77. The quantitative estimate of drug-likeness (QED) is 0.917. The summed E-state index contributed by atoms with van der Waals surface area (Å²) in [6, 6.07) is 6.15. The molecule has 1 aromatic carbocycles. The minimum Gasteiger partial charge on any atom is -0.383 e. The number of aliphatic hydroxyl groups is 1. The number of hydrogen-bond acceptors (Lipinski definition) is 3. The number of aromatic nitrogens is 2. The van der Waals surface area contributed by atoms with Crippen molar-refractivity contribution in [3.63, 3.8) is 0 Å². The Morgan fingerprint density at radius 2 is 2.21 bits per heavy atom. The van der Waals surface area contributed by atoms with Crippen molar-refractivity contribution in [2.45, 2.75) is 12.6 Å². The zero-order valence-electron chi connectivity index (χ0n) is 10.4. The van der Waals surface area contributed by atoms with Gasteiger partial charge in [-0.25, -0.2) is 4.39 Å². The molecule has 2 aromatic rings. The van der Waals surface area contributed by atoms with Gasteiger partial charge in [0, 0.05) is 12.7 Å². The molecule has 1 heterocycles. The molecule has 0 aliphatic carbocycles. The summed E-state index contributed by atoms with van der Waals surface area (Å²) in [6.07, 6.45) is 0.504. The van der Waals surface area contributed by atoms with Crippen molar-refractivity contribution in [2.24, 2.45) is 0 Å². The third-order valence-corrected chi connectivity index (χ3v) is 3.41. The van der Waals surface area contributed by atoms with E-state index in [2.05, 4.69) is 21.0 Å². The van der Waals surface area contributed by atoms with Gasteiger partial charge in [0.25, 0.3) is 0 Å². The Balaban J connectivity index is 2.35. The van der Waals surface area contributed by atoms with Crippen molar-refractivity contribution >= 4 is 15.9 Å². The molecule has 1 unspecified atom stereocenters. The summed E-state index contributed by atoms with van der Waals surface area (Å²) in [4.78, 5) is 0. The van der Waals surface area contributed by atoms with Crippen LogP contribution < -0.4 is 0 Å². The van der Waals surface area contributed by atoms with Crippen molar-refractivity contribution in [2.75, 3.05) is 13.7 Å². The Morgan fingerprint density at radius 1 is 1.47 bits per heavy atom. The molecule has 0 saturated heterocycles. The molecule has 1 N–H and O–H groups in total. The van der Waals surface area contributed by atoms with E-state index in [9.17, 15) is 9.50 Å². The molecule has 0 amide bonds. The minimum atomic E-state index is -1.07. The van der Waals surface area contributed by atoms with Gasteiger partial charge >= 0.3 is 0 Å². The fourth-order valence-electron chi connectivity index (χ4n) is 1.84. The molecular weight excluding hydrogens is 315 g/mol. The van der Waals surface area contributed by atoms with Crippen molar-refractivity contribution in [1.29, 1.82) is 0 Å². The highest BCUT2D eigenvalue weighted by molar-refractivity contribution is 9.10. The number of halogens is 2. The Hall–Kier alpha value is -1.24. The van der Waals surface area contributed by atoms with Crippen LogP contribution in [0.4, 0.5) is 4.39 Å². The number of nitrogens with zero attached hydrogens (tertiary/aromatic N) is 2. The summed E-state index contributed by atoms with van der Waals surface area (Å²) in [5.41, 5.74) is 0.740. The summed E-state index contributed by atoms with van der Waals surface area (Å²) in [6.45, 7) is 0.952. The van der Waals surface area contributed by atoms with Crippen LogP contribution in [-0.2, 0) is 11.3 Å².